The molecular formula is C11H10ClNS. The van der Waals surface area contributed by atoms with Gasteiger partial charge in [-0.1, -0.05) is 23.7 Å². The lowest BCUT2D eigenvalue weighted by Gasteiger charge is -2.03. The van der Waals surface area contributed by atoms with Crippen LogP contribution in [0, 0.1) is 0 Å². The van der Waals surface area contributed by atoms with Gasteiger partial charge in [0, 0.05) is 11.6 Å². The van der Waals surface area contributed by atoms with E-state index in [2.05, 4.69) is 16.8 Å². The Balaban J connectivity index is 1.95. The van der Waals surface area contributed by atoms with E-state index < -0.39 is 0 Å². The van der Waals surface area contributed by atoms with E-state index in [1.165, 1.54) is 10.6 Å². The van der Waals surface area contributed by atoms with Crippen molar-refractivity contribution in [3.63, 3.8) is 0 Å². The third-order valence-corrected chi connectivity index (χ3v) is 2.98. The highest BCUT2D eigenvalue weighted by Gasteiger charge is 1.94. The summed E-state index contributed by atoms with van der Waals surface area (Å²) < 4.78 is 0. The molecule has 0 amide bonds. The third kappa shape index (κ3) is 2.50. The molecule has 0 unspecified atom stereocenters. The Kier molecular flexibility index (Phi) is 3.07. The highest BCUT2D eigenvalue weighted by molar-refractivity contribution is 7.14. The second kappa shape index (κ2) is 4.49. The lowest BCUT2D eigenvalue weighted by molar-refractivity contribution is 1.16. The number of benzene rings is 1. The molecule has 2 rings (SSSR count). The first-order valence-corrected chi connectivity index (χ1v) is 5.62. The predicted octanol–water partition coefficient (Wildman–Crippen LogP) is 4.01. The summed E-state index contributed by atoms with van der Waals surface area (Å²) in [5, 5.41) is 7.37. The molecule has 3 heteroatoms. The maximum Gasteiger partial charge on any atom is 0.0885 e. The molecule has 1 aromatic carbocycles. The Morgan fingerprint density at radius 3 is 2.57 bits per heavy atom. The standard InChI is InChI=1S/C11H10ClNS/c12-10-5-3-9(4-6-10)8-13-11-2-1-7-14-11/h1-7,13H,8H2. The maximum absolute atomic E-state index is 5.79. The van der Waals surface area contributed by atoms with Crippen molar-refractivity contribution in [3.8, 4) is 0 Å². The fourth-order valence-corrected chi connectivity index (χ4v) is 1.91. The van der Waals surface area contributed by atoms with Crippen LogP contribution in [0.1, 0.15) is 5.56 Å². The van der Waals surface area contributed by atoms with Gasteiger partial charge < -0.3 is 5.32 Å². The smallest absolute Gasteiger partial charge is 0.0885 e. The van der Waals surface area contributed by atoms with E-state index in [-0.39, 0.29) is 0 Å². The number of anilines is 1. The van der Waals surface area contributed by atoms with Crippen LogP contribution in [0.15, 0.2) is 41.8 Å². The van der Waals surface area contributed by atoms with E-state index in [1.807, 2.05) is 30.3 Å². The van der Waals surface area contributed by atoms with Crippen molar-refractivity contribution in [1.29, 1.82) is 0 Å². The molecule has 0 radical (unpaired) electrons. The van der Waals surface area contributed by atoms with Gasteiger partial charge in [0.1, 0.15) is 0 Å². The van der Waals surface area contributed by atoms with Gasteiger partial charge in [-0.2, -0.15) is 0 Å². The molecule has 0 bridgehead atoms. The first-order valence-electron chi connectivity index (χ1n) is 4.36. The minimum absolute atomic E-state index is 0.782. The van der Waals surface area contributed by atoms with Crippen LogP contribution in [0.25, 0.3) is 0 Å². The number of rotatable bonds is 3. The van der Waals surface area contributed by atoms with Crippen molar-refractivity contribution in [2.45, 2.75) is 6.54 Å². The van der Waals surface area contributed by atoms with Crippen LogP contribution in [0.3, 0.4) is 0 Å². The van der Waals surface area contributed by atoms with Crippen LogP contribution in [0.2, 0.25) is 5.02 Å². The molecule has 0 saturated carbocycles. The zero-order valence-corrected chi connectivity index (χ0v) is 9.11. The van der Waals surface area contributed by atoms with E-state index >= 15 is 0 Å². The van der Waals surface area contributed by atoms with Crippen LogP contribution in [0.4, 0.5) is 5.00 Å². The van der Waals surface area contributed by atoms with Crippen molar-refractivity contribution >= 4 is 27.9 Å². The van der Waals surface area contributed by atoms with Gasteiger partial charge in [-0.05, 0) is 35.2 Å². The first-order chi connectivity index (χ1) is 6.84. The highest BCUT2D eigenvalue weighted by atomic mass is 35.5. The number of hydrogen-bond donors (Lipinski definition) is 1. The molecule has 1 heterocycles. The molecule has 0 aliphatic heterocycles. The molecule has 1 N–H and O–H groups in total. The van der Waals surface area contributed by atoms with E-state index in [9.17, 15) is 0 Å². The molecule has 72 valence electrons. The largest absolute Gasteiger partial charge is 0.373 e. The van der Waals surface area contributed by atoms with Crippen LogP contribution in [-0.4, -0.2) is 0 Å². The normalized spacial score (nSPS) is 10.1. The number of halogens is 1. The lowest BCUT2D eigenvalue weighted by atomic mass is 10.2. The van der Waals surface area contributed by atoms with E-state index in [4.69, 9.17) is 11.6 Å². The average Bonchev–Trinajstić information content (AvgIpc) is 2.70. The molecular weight excluding hydrogens is 214 g/mol. The number of nitrogens with one attached hydrogen (secondary N) is 1. The molecule has 1 nitrogen and oxygen atoms in total. The summed E-state index contributed by atoms with van der Waals surface area (Å²) >= 11 is 7.50. The Hall–Kier alpha value is -0.990. The van der Waals surface area contributed by atoms with Crippen molar-refractivity contribution in [3.05, 3.63) is 52.4 Å². The predicted molar refractivity (Wildman–Crippen MR) is 63.1 cm³/mol. The van der Waals surface area contributed by atoms with Crippen LogP contribution in [-0.2, 0) is 6.54 Å². The Morgan fingerprint density at radius 1 is 1.14 bits per heavy atom. The Bertz CT molecular complexity index is 380. The first kappa shape index (κ1) is 9.56. The summed E-state index contributed by atoms with van der Waals surface area (Å²) in [7, 11) is 0. The minimum Gasteiger partial charge on any atom is -0.373 e. The van der Waals surface area contributed by atoms with E-state index in [1.54, 1.807) is 11.3 Å². The molecule has 0 fully saturated rings. The fourth-order valence-electron chi connectivity index (χ4n) is 1.17. The summed E-state index contributed by atoms with van der Waals surface area (Å²) in [6, 6.07) is 12.0. The van der Waals surface area contributed by atoms with E-state index in [0.717, 1.165) is 11.6 Å². The highest BCUT2D eigenvalue weighted by Crippen LogP contribution is 2.16. The van der Waals surface area contributed by atoms with Crippen LogP contribution in [0.5, 0.6) is 0 Å². The van der Waals surface area contributed by atoms with Gasteiger partial charge in [-0.15, -0.1) is 11.3 Å². The van der Waals surface area contributed by atoms with Gasteiger partial charge in [0.25, 0.3) is 0 Å². The summed E-state index contributed by atoms with van der Waals surface area (Å²) in [6.45, 7) is 0.845. The van der Waals surface area contributed by atoms with Gasteiger partial charge >= 0.3 is 0 Å². The quantitative estimate of drug-likeness (QED) is 0.829. The van der Waals surface area contributed by atoms with Crippen molar-refractivity contribution in [2.75, 3.05) is 5.32 Å². The zero-order valence-electron chi connectivity index (χ0n) is 7.53. The van der Waals surface area contributed by atoms with Crippen LogP contribution >= 0.6 is 22.9 Å². The second-order valence-electron chi connectivity index (χ2n) is 2.96. The Morgan fingerprint density at radius 2 is 1.93 bits per heavy atom. The molecule has 0 atom stereocenters. The van der Waals surface area contributed by atoms with Crippen molar-refractivity contribution in [1.82, 2.24) is 0 Å². The SMILES string of the molecule is Clc1ccc(CNc2cccs2)cc1. The van der Waals surface area contributed by atoms with Gasteiger partial charge in [-0.25, -0.2) is 0 Å². The number of thiophene rings is 1. The molecule has 1 aromatic heterocycles. The lowest BCUT2D eigenvalue weighted by Crippen LogP contribution is -1.96. The monoisotopic (exact) mass is 223 g/mol. The summed E-state index contributed by atoms with van der Waals surface area (Å²) in [4.78, 5) is 0. The fraction of sp³-hybridized carbons (Fsp3) is 0.0909. The molecule has 0 aliphatic rings. The minimum atomic E-state index is 0.782. The maximum atomic E-state index is 5.79. The number of hydrogen-bond acceptors (Lipinski definition) is 2. The summed E-state index contributed by atoms with van der Waals surface area (Å²) in [6.07, 6.45) is 0. The van der Waals surface area contributed by atoms with Crippen LogP contribution < -0.4 is 5.32 Å². The molecule has 0 aliphatic carbocycles. The average molecular weight is 224 g/mol. The summed E-state index contributed by atoms with van der Waals surface area (Å²) in [5.41, 5.74) is 1.24. The van der Waals surface area contributed by atoms with E-state index in [0.29, 0.717) is 0 Å². The van der Waals surface area contributed by atoms with Gasteiger partial charge in [0.2, 0.25) is 0 Å². The third-order valence-electron chi connectivity index (χ3n) is 1.90. The molecule has 0 spiro atoms. The Labute approximate surface area is 92.3 Å². The van der Waals surface area contributed by atoms with Gasteiger partial charge in [0.15, 0.2) is 0 Å². The second-order valence-corrected chi connectivity index (χ2v) is 4.34. The summed E-state index contributed by atoms with van der Waals surface area (Å²) in [5.74, 6) is 0. The van der Waals surface area contributed by atoms with Crippen molar-refractivity contribution < 1.29 is 0 Å². The molecule has 2 aromatic rings. The molecule has 14 heavy (non-hydrogen) atoms. The van der Waals surface area contributed by atoms with Gasteiger partial charge in [-0.3, -0.25) is 0 Å². The zero-order chi connectivity index (χ0) is 9.80. The topological polar surface area (TPSA) is 12.0 Å². The molecule has 0 saturated heterocycles. The van der Waals surface area contributed by atoms with Crippen molar-refractivity contribution in [2.24, 2.45) is 0 Å². The van der Waals surface area contributed by atoms with Gasteiger partial charge in [0.05, 0.1) is 5.00 Å².